The number of amides is 2. The number of hydrogen-bond acceptors (Lipinski definition) is 4. The minimum atomic E-state index is -0.444. The van der Waals surface area contributed by atoms with Gasteiger partial charge in [0.1, 0.15) is 5.75 Å². The normalized spacial score (nSPS) is 10.9. The molecule has 0 aliphatic heterocycles. The van der Waals surface area contributed by atoms with Gasteiger partial charge in [-0.15, -0.1) is 0 Å². The van der Waals surface area contributed by atoms with Crippen LogP contribution in [-0.2, 0) is 16.6 Å². The predicted molar refractivity (Wildman–Crippen MR) is 133 cm³/mol. The highest BCUT2D eigenvalue weighted by Gasteiger charge is 2.18. The van der Waals surface area contributed by atoms with Gasteiger partial charge >= 0.3 is 0 Å². The standard InChI is InChI=1S/C22H25Br2N3O3S/c1-5-13-6-9-18(17(24)10-13)30-12-19(28)26-27-21(31)25-20(29)14-7-8-15(16(23)11-14)22(2,3)4/h6-11H,5,12H2,1-4H3,(H,26,28)(H2,25,27,29,31). The summed E-state index contributed by atoms with van der Waals surface area (Å²) >= 11 is 12.0. The van der Waals surface area contributed by atoms with Gasteiger partial charge in [0.05, 0.1) is 4.47 Å². The lowest BCUT2D eigenvalue weighted by atomic mass is 9.86. The Hall–Kier alpha value is -1.97. The summed E-state index contributed by atoms with van der Waals surface area (Å²) in [6.07, 6.45) is 0.907. The Morgan fingerprint density at radius 1 is 1.03 bits per heavy atom. The molecular formula is C22H25Br2N3O3S. The Balaban J connectivity index is 1.82. The number of aryl methyl sites for hydroxylation is 1. The van der Waals surface area contributed by atoms with E-state index in [-0.39, 0.29) is 23.0 Å². The fourth-order valence-electron chi connectivity index (χ4n) is 2.66. The Kier molecular flexibility index (Phi) is 9.02. The van der Waals surface area contributed by atoms with E-state index in [0.717, 1.165) is 26.5 Å². The van der Waals surface area contributed by atoms with Gasteiger partial charge in [-0.05, 0) is 75.4 Å². The van der Waals surface area contributed by atoms with Crippen molar-refractivity contribution in [1.29, 1.82) is 0 Å². The summed E-state index contributed by atoms with van der Waals surface area (Å²) in [6, 6.07) is 11.1. The van der Waals surface area contributed by atoms with E-state index in [1.165, 1.54) is 0 Å². The van der Waals surface area contributed by atoms with Crippen molar-refractivity contribution in [3.63, 3.8) is 0 Å². The van der Waals surface area contributed by atoms with Crippen molar-refractivity contribution in [2.24, 2.45) is 0 Å². The Bertz CT molecular complexity index is 990. The quantitative estimate of drug-likeness (QED) is 0.356. The van der Waals surface area contributed by atoms with Gasteiger partial charge in [0, 0.05) is 10.0 Å². The van der Waals surface area contributed by atoms with E-state index in [0.29, 0.717) is 11.3 Å². The summed E-state index contributed by atoms with van der Waals surface area (Å²) in [7, 11) is 0. The molecule has 0 bridgehead atoms. The number of rotatable bonds is 5. The summed E-state index contributed by atoms with van der Waals surface area (Å²) in [6.45, 7) is 8.13. The molecule has 166 valence electrons. The molecule has 0 saturated heterocycles. The van der Waals surface area contributed by atoms with Gasteiger partial charge in [-0.3, -0.25) is 25.8 Å². The second-order valence-corrected chi connectivity index (χ2v) is 9.92. The van der Waals surface area contributed by atoms with Crippen LogP contribution in [0, 0.1) is 0 Å². The third-order valence-corrected chi connectivity index (χ3v) is 5.83. The number of ether oxygens (including phenoxy) is 1. The van der Waals surface area contributed by atoms with Crippen molar-refractivity contribution < 1.29 is 14.3 Å². The fourth-order valence-corrected chi connectivity index (χ4v) is 4.32. The molecule has 2 aromatic rings. The van der Waals surface area contributed by atoms with Crippen LogP contribution in [0.5, 0.6) is 5.75 Å². The number of hydrazine groups is 1. The number of carbonyl (C=O) groups is 2. The molecule has 0 aliphatic carbocycles. The largest absolute Gasteiger partial charge is 0.483 e. The Morgan fingerprint density at radius 2 is 1.74 bits per heavy atom. The van der Waals surface area contributed by atoms with Crippen LogP contribution < -0.4 is 20.9 Å². The van der Waals surface area contributed by atoms with Crippen LogP contribution in [-0.4, -0.2) is 23.5 Å². The van der Waals surface area contributed by atoms with E-state index in [1.54, 1.807) is 18.2 Å². The van der Waals surface area contributed by atoms with Crippen LogP contribution in [0.4, 0.5) is 0 Å². The molecular weight excluding hydrogens is 546 g/mol. The molecule has 0 radical (unpaired) electrons. The molecule has 0 saturated carbocycles. The summed E-state index contributed by atoms with van der Waals surface area (Å²) in [5.41, 5.74) is 7.54. The highest BCUT2D eigenvalue weighted by atomic mass is 79.9. The highest BCUT2D eigenvalue weighted by molar-refractivity contribution is 9.10. The molecule has 31 heavy (non-hydrogen) atoms. The first-order chi connectivity index (χ1) is 14.5. The Morgan fingerprint density at radius 3 is 2.32 bits per heavy atom. The lowest BCUT2D eigenvalue weighted by Gasteiger charge is -2.21. The summed E-state index contributed by atoms with van der Waals surface area (Å²) in [5.74, 6) is -0.267. The van der Waals surface area contributed by atoms with E-state index < -0.39 is 5.91 Å². The average Bonchev–Trinajstić information content (AvgIpc) is 2.70. The number of hydrogen-bond donors (Lipinski definition) is 3. The monoisotopic (exact) mass is 569 g/mol. The van der Waals surface area contributed by atoms with Crippen molar-refractivity contribution in [2.45, 2.75) is 39.5 Å². The van der Waals surface area contributed by atoms with Crippen molar-refractivity contribution in [3.8, 4) is 5.75 Å². The molecule has 6 nitrogen and oxygen atoms in total. The average molecular weight is 571 g/mol. The van der Waals surface area contributed by atoms with Crippen LogP contribution in [0.3, 0.4) is 0 Å². The van der Waals surface area contributed by atoms with Crippen LogP contribution >= 0.6 is 44.1 Å². The maximum atomic E-state index is 12.4. The molecule has 0 aromatic heterocycles. The number of nitrogens with one attached hydrogen (secondary N) is 3. The number of thiocarbonyl (C=S) groups is 1. The molecule has 0 unspecified atom stereocenters. The van der Waals surface area contributed by atoms with Crippen molar-refractivity contribution >= 4 is 61.0 Å². The van der Waals surface area contributed by atoms with Gasteiger partial charge in [0.2, 0.25) is 0 Å². The van der Waals surface area contributed by atoms with Crippen molar-refractivity contribution in [3.05, 3.63) is 62.0 Å². The molecule has 0 atom stereocenters. The molecule has 2 aromatic carbocycles. The fraction of sp³-hybridized carbons (Fsp3) is 0.318. The van der Waals surface area contributed by atoms with Gasteiger partial charge < -0.3 is 4.74 Å². The molecule has 9 heteroatoms. The maximum absolute atomic E-state index is 12.4. The van der Waals surface area contributed by atoms with Crippen molar-refractivity contribution in [2.75, 3.05) is 6.61 Å². The summed E-state index contributed by atoms with van der Waals surface area (Å²) < 4.78 is 7.12. The number of halogens is 2. The number of benzene rings is 2. The predicted octanol–water partition coefficient (Wildman–Crippen LogP) is 4.79. The van der Waals surface area contributed by atoms with E-state index in [9.17, 15) is 9.59 Å². The SMILES string of the molecule is CCc1ccc(OCC(=O)NNC(=S)NC(=O)c2ccc(C(C)(C)C)c(Br)c2)c(Br)c1. The zero-order chi connectivity index (χ0) is 23.2. The zero-order valence-electron chi connectivity index (χ0n) is 17.8. The van der Waals surface area contributed by atoms with Crippen LogP contribution in [0.1, 0.15) is 49.2 Å². The Labute approximate surface area is 204 Å². The molecule has 0 heterocycles. The van der Waals surface area contributed by atoms with Crippen LogP contribution in [0.15, 0.2) is 45.3 Å². The second-order valence-electron chi connectivity index (χ2n) is 7.81. The summed E-state index contributed by atoms with van der Waals surface area (Å²) in [5, 5.41) is 2.50. The molecule has 0 spiro atoms. The van der Waals surface area contributed by atoms with Gasteiger partial charge in [0.15, 0.2) is 11.7 Å². The maximum Gasteiger partial charge on any atom is 0.276 e. The highest BCUT2D eigenvalue weighted by Crippen LogP contribution is 2.30. The third kappa shape index (κ3) is 7.59. The van der Waals surface area contributed by atoms with E-state index in [2.05, 4.69) is 75.7 Å². The lowest BCUT2D eigenvalue weighted by molar-refractivity contribution is -0.123. The first kappa shape index (κ1) is 25.3. The van der Waals surface area contributed by atoms with E-state index in [1.807, 2.05) is 18.2 Å². The minimum absolute atomic E-state index is 0.0251. The van der Waals surface area contributed by atoms with Gasteiger partial charge in [-0.25, -0.2) is 0 Å². The third-order valence-electron chi connectivity index (χ3n) is 4.35. The van der Waals surface area contributed by atoms with Gasteiger partial charge in [-0.2, -0.15) is 0 Å². The van der Waals surface area contributed by atoms with E-state index >= 15 is 0 Å². The second kappa shape index (κ2) is 11.1. The molecule has 0 aliphatic rings. The molecule has 2 amide bonds. The first-order valence-corrected chi connectivity index (χ1v) is 11.6. The number of carbonyl (C=O) groups excluding carboxylic acids is 2. The topological polar surface area (TPSA) is 79.5 Å². The lowest BCUT2D eigenvalue weighted by Crippen LogP contribution is -2.49. The van der Waals surface area contributed by atoms with Gasteiger partial charge in [0.25, 0.3) is 11.8 Å². The molecule has 0 fully saturated rings. The first-order valence-electron chi connectivity index (χ1n) is 9.62. The molecule has 3 N–H and O–H groups in total. The minimum Gasteiger partial charge on any atom is -0.483 e. The van der Waals surface area contributed by atoms with E-state index in [4.69, 9.17) is 17.0 Å². The summed E-state index contributed by atoms with van der Waals surface area (Å²) in [4.78, 5) is 24.4. The molecule has 2 rings (SSSR count). The van der Waals surface area contributed by atoms with Crippen LogP contribution in [0.25, 0.3) is 0 Å². The smallest absolute Gasteiger partial charge is 0.276 e. The zero-order valence-corrected chi connectivity index (χ0v) is 21.8. The van der Waals surface area contributed by atoms with Crippen molar-refractivity contribution in [1.82, 2.24) is 16.2 Å². The van der Waals surface area contributed by atoms with Gasteiger partial charge in [-0.1, -0.05) is 55.8 Å². The van der Waals surface area contributed by atoms with Crippen LogP contribution in [0.2, 0.25) is 0 Å².